The van der Waals surface area contributed by atoms with Gasteiger partial charge in [0.25, 0.3) is 0 Å². The van der Waals surface area contributed by atoms with Crippen molar-refractivity contribution >= 4 is 48.9 Å². The van der Waals surface area contributed by atoms with Crippen LogP contribution in [0.2, 0.25) is 0 Å². The Kier molecular flexibility index (Phi) is 9.23. The molecule has 0 unspecified atom stereocenters. The van der Waals surface area contributed by atoms with Gasteiger partial charge >= 0.3 is 0 Å². The molecule has 2 spiro atoms. The average Bonchev–Trinajstić information content (AvgIpc) is 1.49. The Bertz CT molecular complexity index is 5360. The van der Waals surface area contributed by atoms with E-state index in [0.717, 1.165) is 88.3 Å². The smallest absolute Gasteiger partial charge is 0.0996 e. The van der Waals surface area contributed by atoms with Crippen LogP contribution in [0.1, 0.15) is 108 Å². The normalized spacial score (nSPS) is 14.4. The van der Waals surface area contributed by atoms with Gasteiger partial charge in [0.05, 0.1) is 50.6 Å². The summed E-state index contributed by atoms with van der Waals surface area (Å²) in [5, 5.41) is 31.5. The number of hydrogen-bond acceptors (Lipinski definition) is 2. The topological polar surface area (TPSA) is 52.0 Å². The fourth-order valence-corrected chi connectivity index (χ4v) is 17.1. The minimum atomic E-state index is -0.812. The Morgan fingerprint density at radius 2 is 0.741 bits per heavy atom. The second-order valence-corrected chi connectivity index (χ2v) is 26.3. The fraction of sp³-hybridized carbons (Fsp3) is 0.122. The lowest BCUT2D eigenvalue weighted by atomic mass is 9.69. The molecule has 0 saturated carbocycles. The van der Waals surface area contributed by atoms with Gasteiger partial charge in [0.1, 0.15) is 0 Å². The molecule has 0 aliphatic heterocycles. The lowest BCUT2D eigenvalue weighted by Crippen LogP contribution is -2.27. The maximum absolute atomic E-state index is 12.3. The van der Waals surface area contributed by atoms with Gasteiger partial charge in [-0.1, -0.05) is 242 Å². The van der Waals surface area contributed by atoms with Crippen LogP contribution in [-0.2, 0) is 21.7 Å². The lowest BCUT2D eigenvalue weighted by Gasteiger charge is -2.31. The summed E-state index contributed by atoms with van der Waals surface area (Å²) >= 11 is 0. The van der Waals surface area contributed by atoms with Gasteiger partial charge in [-0.25, -0.2) is 0 Å². The molecule has 0 atom stereocenters. The Balaban J connectivity index is 1.13. The summed E-state index contributed by atoms with van der Waals surface area (Å²) < 4.78 is 2.50. The SMILES string of the molecule is CC(C)(C)c1cc(C(C)(C)C)c2cc3c4c5c(c(C#N)cc4n4c6cc(C#N)c7c(c6c(c2c1)c34)-c1c(-c2ccccc2)cccc1C71c2ccccc2-c2ccccc21)C1(c2ccccc2-c2ccccc21)c1cccc(-c2ccccc2)c1-5. The van der Waals surface area contributed by atoms with E-state index in [-0.39, 0.29) is 10.8 Å². The third-order valence-corrected chi connectivity index (χ3v) is 20.2. The number of fused-ring (bicyclic) bond motifs is 30. The van der Waals surface area contributed by atoms with Crippen LogP contribution in [0, 0.1) is 22.7 Å². The van der Waals surface area contributed by atoms with Crippen molar-refractivity contribution in [2.75, 3.05) is 0 Å². The Morgan fingerprint density at radius 1 is 0.341 bits per heavy atom. The predicted octanol–water partition coefficient (Wildman–Crippen LogP) is 20.3. The first-order chi connectivity index (χ1) is 41.4. The van der Waals surface area contributed by atoms with Crippen molar-refractivity contribution < 1.29 is 0 Å². The van der Waals surface area contributed by atoms with E-state index in [1.807, 2.05) is 0 Å². The van der Waals surface area contributed by atoms with Gasteiger partial charge in [-0.2, -0.15) is 10.5 Å². The Morgan fingerprint density at radius 3 is 1.18 bits per heavy atom. The first kappa shape index (κ1) is 48.2. The molecule has 0 fully saturated rings. The molecule has 3 heteroatoms. The minimum Gasteiger partial charge on any atom is -0.308 e. The summed E-state index contributed by atoms with van der Waals surface area (Å²) in [5.41, 5.74) is 27.9. The molecule has 0 N–H and O–H groups in total. The van der Waals surface area contributed by atoms with E-state index in [1.54, 1.807) is 0 Å². The summed E-state index contributed by atoms with van der Waals surface area (Å²) in [6.07, 6.45) is 0. The number of nitriles is 2. The van der Waals surface area contributed by atoms with Gasteiger partial charge in [0, 0.05) is 21.5 Å². The van der Waals surface area contributed by atoms with Crippen LogP contribution in [0.4, 0.5) is 0 Å². The van der Waals surface area contributed by atoms with Crippen molar-refractivity contribution in [3.63, 3.8) is 0 Å². The zero-order chi connectivity index (χ0) is 57.2. The highest BCUT2D eigenvalue weighted by Gasteiger charge is 2.57. The van der Waals surface area contributed by atoms with Crippen LogP contribution in [0.3, 0.4) is 0 Å². The van der Waals surface area contributed by atoms with E-state index < -0.39 is 10.8 Å². The molecule has 4 aliphatic rings. The summed E-state index contributed by atoms with van der Waals surface area (Å²) in [5.74, 6) is 0. The maximum atomic E-state index is 12.3. The highest BCUT2D eigenvalue weighted by atomic mass is 14.9. The van der Waals surface area contributed by atoms with Crippen molar-refractivity contribution in [3.05, 3.63) is 291 Å². The number of aromatic nitrogens is 1. The van der Waals surface area contributed by atoms with Gasteiger partial charge in [-0.05, 0) is 168 Å². The molecule has 0 bridgehead atoms. The van der Waals surface area contributed by atoms with Crippen LogP contribution in [0.15, 0.2) is 224 Å². The van der Waals surface area contributed by atoms with Crippen LogP contribution in [-0.4, -0.2) is 4.40 Å². The van der Waals surface area contributed by atoms with Crippen molar-refractivity contribution in [2.24, 2.45) is 0 Å². The molecule has 0 saturated heterocycles. The second kappa shape index (κ2) is 16.3. The largest absolute Gasteiger partial charge is 0.308 e. The molecule has 85 heavy (non-hydrogen) atoms. The van der Waals surface area contributed by atoms with E-state index in [0.29, 0.717) is 11.1 Å². The van der Waals surface area contributed by atoms with Gasteiger partial charge in [0.2, 0.25) is 0 Å². The average molecular weight is 1080 g/mol. The highest BCUT2D eigenvalue weighted by Crippen LogP contribution is 2.70. The number of hydrogen-bond donors (Lipinski definition) is 0. The highest BCUT2D eigenvalue weighted by molar-refractivity contribution is 6.37. The van der Waals surface area contributed by atoms with E-state index in [2.05, 4.69) is 283 Å². The summed E-state index contributed by atoms with van der Waals surface area (Å²) in [6.45, 7) is 14.1. The Hall–Kier alpha value is -10.3. The predicted molar refractivity (Wildman–Crippen MR) is 349 cm³/mol. The molecule has 2 heterocycles. The molecule has 0 amide bonds. The zero-order valence-electron chi connectivity index (χ0n) is 48.2. The van der Waals surface area contributed by atoms with Crippen molar-refractivity contribution in [1.82, 2.24) is 4.40 Å². The fourth-order valence-electron chi connectivity index (χ4n) is 17.1. The van der Waals surface area contributed by atoms with E-state index >= 15 is 0 Å². The summed E-state index contributed by atoms with van der Waals surface area (Å²) in [6, 6.07) is 89.0. The number of nitrogens with zero attached hydrogens (tertiary/aromatic N) is 3. The number of rotatable bonds is 2. The standard InChI is InChI=1S/C82H55N3/c1-79(2,3)50-41-58-57(66(42-50)80(4,5)6)43-59-71-67(39-48(44-83)76-74(71)69-51(46-23-9-7-10-24-46)31-21-37-64(69)81(76)60-33-17-13-27-53(60)54-28-14-18-34-61(54)81)85-68-40-49(45-84)77-75(73(68)72(58)78(59)85)70-52(47-25-11-8-12-26-47)32-22-38-65(70)82(77)62-35-19-15-29-55(62)56-30-16-20-36-63(56)82/h7-43H,1-6H3. The third kappa shape index (κ3) is 5.70. The van der Waals surface area contributed by atoms with Crippen molar-refractivity contribution in [3.8, 4) is 78.9 Å². The maximum Gasteiger partial charge on any atom is 0.0996 e. The molecular formula is C82H55N3. The number of benzene rings is 12. The van der Waals surface area contributed by atoms with E-state index in [9.17, 15) is 10.5 Å². The van der Waals surface area contributed by atoms with Gasteiger partial charge in [0.15, 0.2) is 0 Å². The molecule has 0 radical (unpaired) electrons. The minimum absolute atomic E-state index is 0.187. The molecular weight excluding hydrogens is 1030 g/mol. The van der Waals surface area contributed by atoms with Gasteiger partial charge in [-0.15, -0.1) is 0 Å². The first-order valence-corrected chi connectivity index (χ1v) is 29.9. The first-order valence-electron chi connectivity index (χ1n) is 29.9. The van der Waals surface area contributed by atoms with Gasteiger partial charge < -0.3 is 4.40 Å². The van der Waals surface area contributed by atoms with Crippen molar-refractivity contribution in [2.45, 2.75) is 63.2 Å². The molecule has 398 valence electrons. The summed E-state index contributed by atoms with van der Waals surface area (Å²) in [7, 11) is 0. The monoisotopic (exact) mass is 1080 g/mol. The summed E-state index contributed by atoms with van der Waals surface area (Å²) in [4.78, 5) is 0. The van der Waals surface area contributed by atoms with Gasteiger partial charge in [-0.3, -0.25) is 0 Å². The van der Waals surface area contributed by atoms with Crippen LogP contribution in [0.5, 0.6) is 0 Å². The molecule has 3 nitrogen and oxygen atoms in total. The van der Waals surface area contributed by atoms with E-state index in [4.69, 9.17) is 0 Å². The molecule has 12 aromatic carbocycles. The van der Waals surface area contributed by atoms with Crippen LogP contribution >= 0.6 is 0 Å². The van der Waals surface area contributed by atoms with Crippen LogP contribution in [0.25, 0.3) is 116 Å². The van der Waals surface area contributed by atoms with Crippen LogP contribution < -0.4 is 0 Å². The molecule has 4 aliphatic carbocycles. The molecule has 14 aromatic rings. The second-order valence-electron chi connectivity index (χ2n) is 26.3. The lowest BCUT2D eigenvalue weighted by molar-refractivity contribution is 0.573. The van der Waals surface area contributed by atoms with E-state index in [1.165, 1.54) is 82.9 Å². The quantitative estimate of drug-likeness (QED) is 0.173. The zero-order valence-corrected chi connectivity index (χ0v) is 48.2. The molecule has 2 aromatic heterocycles. The third-order valence-electron chi connectivity index (χ3n) is 20.2. The van der Waals surface area contributed by atoms with Crippen molar-refractivity contribution in [1.29, 1.82) is 10.5 Å². The Labute approximate surface area is 494 Å². The molecule has 18 rings (SSSR count).